The highest BCUT2D eigenvalue weighted by molar-refractivity contribution is 6.30. The predicted molar refractivity (Wildman–Crippen MR) is 95.0 cm³/mol. The third-order valence-corrected chi connectivity index (χ3v) is 4.55. The van der Waals surface area contributed by atoms with E-state index in [4.69, 9.17) is 25.8 Å². The molecule has 0 bridgehead atoms. The summed E-state index contributed by atoms with van der Waals surface area (Å²) in [5.74, 6) is 0.521. The van der Waals surface area contributed by atoms with E-state index in [-0.39, 0.29) is 18.9 Å². The number of rotatable bonds is 3. The number of carbonyl (C=O) groups excluding carboxylic acids is 2. The van der Waals surface area contributed by atoms with Crippen molar-refractivity contribution < 1.29 is 23.8 Å². The highest BCUT2D eigenvalue weighted by Crippen LogP contribution is 2.36. The summed E-state index contributed by atoms with van der Waals surface area (Å²) in [7, 11) is 0. The Kier molecular flexibility index (Phi) is 4.42. The van der Waals surface area contributed by atoms with E-state index in [1.807, 2.05) is 0 Å². The molecule has 0 spiro atoms. The standard InChI is InChI=1S/C19H16ClNO5/c20-13-2-1-3-15(9-13)26-19(23)12-8-18(22)21(11-12)14-4-5-16-17(10-14)25-7-6-24-16/h1-5,9-10,12H,6-8,11H2/t12-/m0/s1. The maximum atomic E-state index is 12.4. The van der Waals surface area contributed by atoms with Gasteiger partial charge in [-0.2, -0.15) is 0 Å². The van der Waals surface area contributed by atoms with E-state index in [1.165, 1.54) is 0 Å². The molecule has 2 aliphatic heterocycles. The fourth-order valence-electron chi connectivity index (χ4n) is 3.04. The first-order valence-electron chi connectivity index (χ1n) is 8.27. The SMILES string of the molecule is O=C(Oc1cccc(Cl)c1)[C@H]1CC(=O)N(c2ccc3c(c2)OCCO3)C1. The summed E-state index contributed by atoms with van der Waals surface area (Å²) >= 11 is 5.90. The Labute approximate surface area is 155 Å². The lowest BCUT2D eigenvalue weighted by Crippen LogP contribution is -2.27. The van der Waals surface area contributed by atoms with Gasteiger partial charge in [-0.25, -0.2) is 0 Å². The zero-order valence-corrected chi connectivity index (χ0v) is 14.6. The fraction of sp³-hybridized carbons (Fsp3) is 0.263. The van der Waals surface area contributed by atoms with Gasteiger partial charge in [-0.1, -0.05) is 17.7 Å². The van der Waals surface area contributed by atoms with Crippen LogP contribution in [0.25, 0.3) is 0 Å². The van der Waals surface area contributed by atoms with Gasteiger partial charge < -0.3 is 19.1 Å². The van der Waals surface area contributed by atoms with Crippen molar-refractivity contribution in [3.63, 3.8) is 0 Å². The summed E-state index contributed by atoms with van der Waals surface area (Å²) in [6, 6.07) is 11.9. The van der Waals surface area contributed by atoms with Crippen molar-refractivity contribution in [3.05, 3.63) is 47.5 Å². The van der Waals surface area contributed by atoms with E-state index in [9.17, 15) is 9.59 Å². The Morgan fingerprint density at radius 3 is 2.73 bits per heavy atom. The molecule has 0 aromatic heterocycles. The number of anilines is 1. The van der Waals surface area contributed by atoms with Crippen molar-refractivity contribution in [3.8, 4) is 17.2 Å². The van der Waals surface area contributed by atoms with Gasteiger partial charge in [0.1, 0.15) is 19.0 Å². The number of hydrogen-bond acceptors (Lipinski definition) is 5. The number of esters is 1. The zero-order valence-electron chi connectivity index (χ0n) is 13.8. The number of hydrogen-bond donors (Lipinski definition) is 0. The van der Waals surface area contributed by atoms with Crippen LogP contribution in [0.15, 0.2) is 42.5 Å². The van der Waals surface area contributed by atoms with Gasteiger partial charge in [0, 0.05) is 29.7 Å². The third-order valence-electron chi connectivity index (χ3n) is 4.31. The Balaban J connectivity index is 1.47. The molecule has 2 aromatic rings. The number of halogens is 1. The van der Waals surface area contributed by atoms with Crippen molar-refractivity contribution in [2.75, 3.05) is 24.7 Å². The first kappa shape index (κ1) is 16.7. The maximum absolute atomic E-state index is 12.4. The topological polar surface area (TPSA) is 65.1 Å². The summed E-state index contributed by atoms with van der Waals surface area (Å²) in [6.07, 6.45) is 0.105. The summed E-state index contributed by atoms with van der Waals surface area (Å²) in [5.41, 5.74) is 0.678. The molecule has 0 radical (unpaired) electrons. The molecule has 134 valence electrons. The highest BCUT2D eigenvalue weighted by Gasteiger charge is 2.36. The Morgan fingerprint density at radius 1 is 1.12 bits per heavy atom. The van der Waals surface area contributed by atoms with E-state index in [0.29, 0.717) is 41.2 Å². The molecule has 2 aromatic carbocycles. The number of amides is 1. The number of fused-ring (bicyclic) bond motifs is 1. The lowest BCUT2D eigenvalue weighted by Gasteiger charge is -2.22. The van der Waals surface area contributed by atoms with Gasteiger partial charge in [-0.05, 0) is 30.3 Å². The van der Waals surface area contributed by atoms with Crippen LogP contribution in [0.2, 0.25) is 5.02 Å². The van der Waals surface area contributed by atoms with Gasteiger partial charge in [-0.15, -0.1) is 0 Å². The molecule has 0 unspecified atom stereocenters. The second kappa shape index (κ2) is 6.88. The normalized spacial score (nSPS) is 18.7. The summed E-state index contributed by atoms with van der Waals surface area (Å²) in [6.45, 7) is 1.24. The molecule has 1 atom stereocenters. The molecule has 0 saturated carbocycles. The van der Waals surface area contributed by atoms with Crippen molar-refractivity contribution in [2.24, 2.45) is 5.92 Å². The Bertz CT molecular complexity index is 869. The Hall–Kier alpha value is -2.73. The third kappa shape index (κ3) is 3.32. The van der Waals surface area contributed by atoms with Crippen LogP contribution >= 0.6 is 11.6 Å². The molecule has 2 heterocycles. The molecule has 0 N–H and O–H groups in total. The smallest absolute Gasteiger partial charge is 0.316 e. The van der Waals surface area contributed by atoms with Gasteiger partial charge in [0.2, 0.25) is 5.91 Å². The molecule has 1 saturated heterocycles. The average molecular weight is 374 g/mol. The molecular weight excluding hydrogens is 358 g/mol. The Morgan fingerprint density at radius 2 is 1.92 bits per heavy atom. The second-order valence-corrected chi connectivity index (χ2v) is 6.55. The molecular formula is C19H16ClNO5. The van der Waals surface area contributed by atoms with Crippen LogP contribution in [0, 0.1) is 5.92 Å². The second-order valence-electron chi connectivity index (χ2n) is 6.11. The van der Waals surface area contributed by atoms with E-state index in [1.54, 1.807) is 47.4 Å². The van der Waals surface area contributed by atoms with Gasteiger partial charge in [0.05, 0.1) is 5.92 Å². The van der Waals surface area contributed by atoms with Crippen molar-refractivity contribution in [1.82, 2.24) is 0 Å². The summed E-state index contributed by atoms with van der Waals surface area (Å²) < 4.78 is 16.4. The number of nitrogens with zero attached hydrogens (tertiary/aromatic N) is 1. The van der Waals surface area contributed by atoms with Crippen LogP contribution in [0.4, 0.5) is 5.69 Å². The van der Waals surface area contributed by atoms with Crippen molar-refractivity contribution in [2.45, 2.75) is 6.42 Å². The van der Waals surface area contributed by atoms with Crippen molar-refractivity contribution in [1.29, 1.82) is 0 Å². The molecule has 2 aliphatic rings. The number of benzene rings is 2. The lowest BCUT2D eigenvalue weighted by atomic mass is 10.1. The molecule has 7 heteroatoms. The highest BCUT2D eigenvalue weighted by atomic mass is 35.5. The predicted octanol–water partition coefficient (Wildman–Crippen LogP) is 3.07. The molecule has 4 rings (SSSR count). The van der Waals surface area contributed by atoms with Crippen LogP contribution in [-0.2, 0) is 9.59 Å². The molecule has 6 nitrogen and oxygen atoms in total. The lowest BCUT2D eigenvalue weighted by molar-refractivity contribution is -0.139. The summed E-state index contributed by atoms with van der Waals surface area (Å²) in [5, 5.41) is 0.482. The first-order chi connectivity index (χ1) is 12.6. The van der Waals surface area contributed by atoms with E-state index < -0.39 is 11.9 Å². The zero-order chi connectivity index (χ0) is 18.1. The van der Waals surface area contributed by atoms with Crippen LogP contribution in [0.3, 0.4) is 0 Å². The van der Waals surface area contributed by atoms with E-state index in [0.717, 1.165) is 0 Å². The van der Waals surface area contributed by atoms with Gasteiger partial charge in [0.25, 0.3) is 0 Å². The van der Waals surface area contributed by atoms with Gasteiger partial charge >= 0.3 is 5.97 Å². The van der Waals surface area contributed by atoms with E-state index >= 15 is 0 Å². The summed E-state index contributed by atoms with van der Waals surface area (Å²) in [4.78, 5) is 26.4. The van der Waals surface area contributed by atoms with Crippen molar-refractivity contribution >= 4 is 29.2 Å². The minimum Gasteiger partial charge on any atom is -0.486 e. The fourth-order valence-corrected chi connectivity index (χ4v) is 3.23. The van der Waals surface area contributed by atoms with Gasteiger partial charge in [-0.3, -0.25) is 9.59 Å². The molecule has 26 heavy (non-hydrogen) atoms. The number of carbonyl (C=O) groups is 2. The largest absolute Gasteiger partial charge is 0.486 e. The molecule has 1 amide bonds. The minimum absolute atomic E-state index is 0.105. The van der Waals surface area contributed by atoms with Crippen LogP contribution in [0.1, 0.15) is 6.42 Å². The molecule has 1 fully saturated rings. The average Bonchev–Trinajstić information content (AvgIpc) is 3.03. The monoisotopic (exact) mass is 373 g/mol. The quantitative estimate of drug-likeness (QED) is 0.611. The van der Waals surface area contributed by atoms with Crippen LogP contribution in [0.5, 0.6) is 17.2 Å². The number of ether oxygens (including phenoxy) is 3. The van der Waals surface area contributed by atoms with Gasteiger partial charge in [0.15, 0.2) is 11.5 Å². The minimum atomic E-state index is -0.533. The van der Waals surface area contributed by atoms with E-state index in [2.05, 4.69) is 0 Å². The maximum Gasteiger partial charge on any atom is 0.316 e. The van der Waals surface area contributed by atoms with Crippen LogP contribution in [-0.4, -0.2) is 31.6 Å². The molecule has 0 aliphatic carbocycles. The van der Waals surface area contributed by atoms with Crippen LogP contribution < -0.4 is 19.1 Å². The first-order valence-corrected chi connectivity index (χ1v) is 8.65.